The van der Waals surface area contributed by atoms with E-state index in [0.29, 0.717) is 29.4 Å². The second-order valence-corrected chi connectivity index (χ2v) is 5.25. The molecule has 118 valence electrons. The van der Waals surface area contributed by atoms with E-state index in [1.807, 2.05) is 24.3 Å². The molecule has 0 fully saturated rings. The minimum atomic E-state index is -0.329. The lowest BCUT2D eigenvalue weighted by atomic mass is 10.1. The third kappa shape index (κ3) is 3.34. The number of carbonyl (C=O) groups excluding carboxylic acids is 1. The number of carbonyl (C=O) groups is 1. The van der Waals surface area contributed by atoms with Crippen molar-refractivity contribution in [2.45, 2.75) is 6.42 Å². The number of hydrogen-bond acceptors (Lipinski definition) is 2. The number of aromatic amines is 1. The Labute approximate surface area is 133 Å². The normalized spacial score (nSPS) is 10.7. The van der Waals surface area contributed by atoms with Gasteiger partial charge in [-0.25, -0.2) is 4.39 Å². The highest BCUT2D eigenvalue weighted by atomic mass is 19.1. The van der Waals surface area contributed by atoms with Crippen LogP contribution < -0.4 is 10.1 Å². The first-order valence-electron chi connectivity index (χ1n) is 7.35. The maximum Gasteiger partial charge on any atom is 0.253 e. The lowest BCUT2D eigenvalue weighted by Gasteiger charge is -2.06. The molecule has 1 amide bonds. The number of H-pyrrole nitrogens is 1. The van der Waals surface area contributed by atoms with E-state index in [1.54, 1.807) is 19.4 Å². The quantitative estimate of drug-likeness (QED) is 0.759. The highest BCUT2D eigenvalue weighted by Crippen LogP contribution is 2.19. The molecule has 2 aromatic carbocycles. The molecular weight excluding hydrogens is 295 g/mol. The summed E-state index contributed by atoms with van der Waals surface area (Å²) in [7, 11) is 1.63. The van der Waals surface area contributed by atoms with Gasteiger partial charge in [0.2, 0.25) is 0 Å². The van der Waals surface area contributed by atoms with Crippen molar-refractivity contribution < 1.29 is 13.9 Å². The largest absolute Gasteiger partial charge is 0.497 e. The van der Waals surface area contributed by atoms with Crippen LogP contribution in [0.5, 0.6) is 5.75 Å². The molecule has 1 aromatic heterocycles. The summed E-state index contributed by atoms with van der Waals surface area (Å²) in [5, 5.41) is 3.60. The topological polar surface area (TPSA) is 54.1 Å². The summed E-state index contributed by atoms with van der Waals surface area (Å²) in [6, 6.07) is 12.1. The molecule has 0 saturated heterocycles. The van der Waals surface area contributed by atoms with Crippen LogP contribution in [0.3, 0.4) is 0 Å². The summed E-state index contributed by atoms with van der Waals surface area (Å²) < 4.78 is 18.3. The Bertz CT molecular complexity index is 842. The molecular formula is C18H17FN2O2. The number of methoxy groups -OCH3 is 1. The molecule has 0 radical (unpaired) electrons. The van der Waals surface area contributed by atoms with Gasteiger partial charge in [-0.3, -0.25) is 4.79 Å². The van der Waals surface area contributed by atoms with Gasteiger partial charge in [0.05, 0.1) is 12.7 Å². The minimum absolute atomic E-state index is 0.175. The maximum atomic E-state index is 13.2. The molecule has 0 bridgehead atoms. The molecule has 1 heterocycles. The van der Waals surface area contributed by atoms with Gasteiger partial charge in [0.25, 0.3) is 5.91 Å². The highest BCUT2D eigenvalue weighted by Gasteiger charge is 2.11. The van der Waals surface area contributed by atoms with Crippen molar-refractivity contribution in [1.29, 1.82) is 0 Å². The van der Waals surface area contributed by atoms with Gasteiger partial charge in [-0.05, 0) is 42.3 Å². The van der Waals surface area contributed by atoms with Gasteiger partial charge >= 0.3 is 0 Å². The van der Waals surface area contributed by atoms with Crippen molar-refractivity contribution in [2.75, 3.05) is 13.7 Å². The van der Waals surface area contributed by atoms with Crippen molar-refractivity contribution in [1.82, 2.24) is 10.3 Å². The van der Waals surface area contributed by atoms with Crippen LogP contribution in [0.4, 0.5) is 4.39 Å². The van der Waals surface area contributed by atoms with Gasteiger partial charge in [0, 0.05) is 23.6 Å². The molecule has 0 aliphatic carbocycles. The van der Waals surface area contributed by atoms with Crippen LogP contribution in [-0.2, 0) is 6.42 Å². The number of hydrogen-bond donors (Lipinski definition) is 2. The number of amides is 1. The van der Waals surface area contributed by atoms with E-state index in [-0.39, 0.29) is 11.7 Å². The molecule has 23 heavy (non-hydrogen) atoms. The molecule has 0 aliphatic rings. The third-order valence-corrected chi connectivity index (χ3v) is 3.72. The van der Waals surface area contributed by atoms with E-state index in [9.17, 15) is 9.18 Å². The fourth-order valence-electron chi connectivity index (χ4n) is 2.53. The molecule has 3 rings (SSSR count). The van der Waals surface area contributed by atoms with Gasteiger partial charge in [-0.1, -0.05) is 12.1 Å². The summed E-state index contributed by atoms with van der Waals surface area (Å²) in [5.41, 5.74) is 2.22. The number of rotatable bonds is 5. The Hall–Kier alpha value is -2.82. The first-order chi connectivity index (χ1) is 11.2. The van der Waals surface area contributed by atoms with Crippen LogP contribution in [0.25, 0.3) is 10.9 Å². The number of ether oxygens (including phenoxy) is 1. The number of fused-ring (bicyclic) bond motifs is 1. The van der Waals surface area contributed by atoms with E-state index in [4.69, 9.17) is 4.74 Å². The maximum absolute atomic E-state index is 13.2. The van der Waals surface area contributed by atoms with Crippen LogP contribution in [0, 0.1) is 5.82 Å². The molecule has 2 N–H and O–H groups in total. The monoisotopic (exact) mass is 312 g/mol. The molecule has 4 nitrogen and oxygen atoms in total. The Morgan fingerprint density at radius 3 is 2.96 bits per heavy atom. The van der Waals surface area contributed by atoms with Crippen molar-refractivity contribution in [2.24, 2.45) is 0 Å². The second kappa shape index (κ2) is 6.52. The van der Waals surface area contributed by atoms with E-state index >= 15 is 0 Å². The lowest BCUT2D eigenvalue weighted by molar-refractivity contribution is 0.0956. The van der Waals surface area contributed by atoms with Gasteiger partial charge in [-0.2, -0.15) is 0 Å². The van der Waals surface area contributed by atoms with E-state index < -0.39 is 0 Å². The molecule has 0 atom stereocenters. The van der Waals surface area contributed by atoms with Crippen LogP contribution in [0.1, 0.15) is 15.9 Å². The Morgan fingerprint density at radius 2 is 2.13 bits per heavy atom. The Kier molecular flexibility index (Phi) is 4.28. The van der Waals surface area contributed by atoms with E-state index in [0.717, 1.165) is 11.3 Å². The first kappa shape index (κ1) is 15.1. The van der Waals surface area contributed by atoms with E-state index in [1.165, 1.54) is 12.1 Å². The SMILES string of the molecule is COc1cccc(CCNC(=O)c2c[nH]c3cc(F)ccc23)c1. The minimum Gasteiger partial charge on any atom is -0.497 e. The fraction of sp³-hybridized carbons (Fsp3) is 0.167. The predicted molar refractivity (Wildman–Crippen MR) is 87.3 cm³/mol. The van der Waals surface area contributed by atoms with Gasteiger partial charge in [0.1, 0.15) is 11.6 Å². The summed E-state index contributed by atoms with van der Waals surface area (Å²) in [4.78, 5) is 15.2. The number of nitrogens with one attached hydrogen (secondary N) is 2. The summed E-state index contributed by atoms with van der Waals surface area (Å²) in [5.74, 6) is 0.294. The molecule has 3 aromatic rings. The summed E-state index contributed by atoms with van der Waals surface area (Å²) in [6.45, 7) is 0.514. The highest BCUT2D eigenvalue weighted by molar-refractivity contribution is 6.06. The Morgan fingerprint density at radius 1 is 1.26 bits per heavy atom. The average molecular weight is 312 g/mol. The molecule has 5 heteroatoms. The average Bonchev–Trinajstić information content (AvgIpc) is 2.98. The van der Waals surface area contributed by atoms with Crippen molar-refractivity contribution in [3.8, 4) is 5.75 Å². The zero-order chi connectivity index (χ0) is 16.2. The van der Waals surface area contributed by atoms with Gasteiger partial charge in [-0.15, -0.1) is 0 Å². The zero-order valence-corrected chi connectivity index (χ0v) is 12.7. The van der Waals surface area contributed by atoms with Crippen LogP contribution in [0.2, 0.25) is 0 Å². The molecule has 0 aliphatic heterocycles. The molecule has 0 unspecified atom stereocenters. The van der Waals surface area contributed by atoms with Crippen LogP contribution >= 0.6 is 0 Å². The van der Waals surface area contributed by atoms with Crippen LogP contribution in [-0.4, -0.2) is 24.5 Å². The first-order valence-corrected chi connectivity index (χ1v) is 7.35. The van der Waals surface area contributed by atoms with Crippen molar-refractivity contribution in [3.63, 3.8) is 0 Å². The smallest absolute Gasteiger partial charge is 0.253 e. The molecule has 0 saturated carbocycles. The van der Waals surface area contributed by atoms with Crippen LogP contribution in [0.15, 0.2) is 48.7 Å². The van der Waals surface area contributed by atoms with Crippen molar-refractivity contribution >= 4 is 16.8 Å². The third-order valence-electron chi connectivity index (χ3n) is 3.72. The fourth-order valence-corrected chi connectivity index (χ4v) is 2.53. The molecule has 0 spiro atoms. The number of aromatic nitrogens is 1. The van der Waals surface area contributed by atoms with Gasteiger partial charge in [0.15, 0.2) is 0 Å². The summed E-state index contributed by atoms with van der Waals surface area (Å²) >= 11 is 0. The number of halogens is 1. The zero-order valence-electron chi connectivity index (χ0n) is 12.7. The van der Waals surface area contributed by atoms with Gasteiger partial charge < -0.3 is 15.0 Å². The predicted octanol–water partition coefficient (Wildman–Crippen LogP) is 3.29. The number of benzene rings is 2. The van der Waals surface area contributed by atoms with Crippen molar-refractivity contribution in [3.05, 3.63) is 65.6 Å². The summed E-state index contributed by atoms with van der Waals surface area (Å²) in [6.07, 6.45) is 2.31. The standard InChI is InChI=1S/C18H17FN2O2/c1-23-14-4-2-3-12(9-14)7-8-20-18(22)16-11-21-17-10-13(19)5-6-15(16)17/h2-6,9-11,21H,7-8H2,1H3,(H,20,22). The second-order valence-electron chi connectivity index (χ2n) is 5.25. The van der Waals surface area contributed by atoms with E-state index in [2.05, 4.69) is 10.3 Å². The lowest BCUT2D eigenvalue weighted by Crippen LogP contribution is -2.25. The Balaban J connectivity index is 1.64.